The molecular weight excluding hydrogens is 463 g/mol. The number of amides is 1. The lowest BCUT2D eigenvalue weighted by molar-refractivity contribution is -0.123. The molecule has 0 spiro atoms. The second-order valence-electron chi connectivity index (χ2n) is 6.13. The summed E-state index contributed by atoms with van der Waals surface area (Å²) < 4.78 is 10.7. The van der Waals surface area contributed by atoms with Crippen LogP contribution >= 0.6 is 34.8 Å². The van der Waals surface area contributed by atoms with Crippen LogP contribution in [0.25, 0.3) is 0 Å². The van der Waals surface area contributed by atoms with Crippen molar-refractivity contribution in [3.8, 4) is 11.5 Å². The third-order valence-corrected chi connectivity index (χ3v) is 4.57. The smallest absolute Gasteiger partial charge is 0.345 e. The molecule has 0 heterocycles. The molecule has 1 N–H and O–H groups in total. The van der Waals surface area contributed by atoms with Crippen LogP contribution in [-0.4, -0.2) is 24.7 Å². The highest BCUT2D eigenvalue weighted by molar-refractivity contribution is 6.36. The maximum atomic E-state index is 12.3. The summed E-state index contributed by atoms with van der Waals surface area (Å²) in [6, 6.07) is 17.8. The molecule has 0 fully saturated rings. The molecule has 31 heavy (non-hydrogen) atoms. The van der Waals surface area contributed by atoms with Crippen LogP contribution in [-0.2, 0) is 4.79 Å². The van der Waals surface area contributed by atoms with Crippen LogP contribution in [0.2, 0.25) is 15.1 Å². The molecule has 0 saturated carbocycles. The minimum Gasteiger partial charge on any atom is -0.484 e. The summed E-state index contributed by atoms with van der Waals surface area (Å²) >= 11 is 17.7. The van der Waals surface area contributed by atoms with E-state index in [9.17, 15) is 9.59 Å². The summed E-state index contributed by atoms with van der Waals surface area (Å²) in [5.74, 6) is -0.309. The van der Waals surface area contributed by atoms with E-state index in [0.717, 1.165) is 0 Å². The molecule has 0 bridgehead atoms. The first-order chi connectivity index (χ1) is 14.9. The summed E-state index contributed by atoms with van der Waals surface area (Å²) in [6.07, 6.45) is 1.41. The van der Waals surface area contributed by atoms with Gasteiger partial charge in [0.2, 0.25) is 0 Å². The van der Waals surface area contributed by atoms with Gasteiger partial charge in [0.1, 0.15) is 11.5 Å². The number of nitrogens with one attached hydrogen (secondary N) is 1. The van der Waals surface area contributed by atoms with Crippen LogP contribution in [0, 0.1) is 0 Å². The zero-order valence-corrected chi connectivity index (χ0v) is 18.1. The number of hydrogen-bond donors (Lipinski definition) is 1. The average molecular weight is 478 g/mol. The lowest BCUT2D eigenvalue weighted by Crippen LogP contribution is -2.24. The Morgan fingerprint density at radius 3 is 2.42 bits per heavy atom. The minimum absolute atomic E-state index is 0.192. The fraction of sp³-hybridized carbons (Fsp3) is 0.0455. The Morgan fingerprint density at radius 1 is 0.903 bits per heavy atom. The highest BCUT2D eigenvalue weighted by Gasteiger charge is 2.13. The summed E-state index contributed by atoms with van der Waals surface area (Å²) in [7, 11) is 0. The molecule has 0 aliphatic rings. The predicted molar refractivity (Wildman–Crippen MR) is 121 cm³/mol. The monoisotopic (exact) mass is 476 g/mol. The van der Waals surface area contributed by atoms with E-state index in [1.54, 1.807) is 54.6 Å². The predicted octanol–water partition coefficient (Wildman–Crippen LogP) is 5.40. The molecule has 3 aromatic rings. The molecule has 0 aromatic heterocycles. The molecule has 1 amide bonds. The molecule has 158 valence electrons. The minimum atomic E-state index is -0.623. The van der Waals surface area contributed by atoms with Gasteiger partial charge in [0.15, 0.2) is 6.61 Å². The first kappa shape index (κ1) is 22.6. The van der Waals surface area contributed by atoms with Crippen LogP contribution in [0.15, 0.2) is 71.8 Å². The van der Waals surface area contributed by atoms with Gasteiger partial charge in [-0.3, -0.25) is 4.79 Å². The van der Waals surface area contributed by atoms with Crippen LogP contribution in [0.5, 0.6) is 11.5 Å². The van der Waals surface area contributed by atoms with Crippen LogP contribution in [0.1, 0.15) is 15.9 Å². The Labute approximate surface area is 193 Å². The Morgan fingerprint density at radius 2 is 1.65 bits per heavy atom. The lowest BCUT2D eigenvalue weighted by atomic mass is 10.2. The highest BCUT2D eigenvalue weighted by Crippen LogP contribution is 2.23. The molecule has 0 atom stereocenters. The first-order valence-corrected chi connectivity index (χ1v) is 10.0. The average Bonchev–Trinajstić information content (AvgIpc) is 2.72. The number of ether oxygens (including phenoxy) is 2. The van der Waals surface area contributed by atoms with Crippen LogP contribution in [0.3, 0.4) is 0 Å². The largest absolute Gasteiger partial charge is 0.484 e. The molecule has 0 saturated heterocycles. The fourth-order valence-corrected chi connectivity index (χ4v) is 3.06. The number of nitrogens with zero attached hydrogens (tertiary/aromatic N) is 1. The number of benzene rings is 3. The fourth-order valence-electron chi connectivity index (χ4n) is 2.39. The van der Waals surface area contributed by atoms with Crippen molar-refractivity contribution < 1.29 is 19.1 Å². The molecule has 3 rings (SSSR count). The Kier molecular flexibility index (Phi) is 7.89. The molecular formula is C22H15Cl3N2O4. The topological polar surface area (TPSA) is 77.0 Å². The maximum absolute atomic E-state index is 12.3. The van der Waals surface area contributed by atoms with Crippen molar-refractivity contribution in [3.63, 3.8) is 0 Å². The second kappa shape index (κ2) is 10.8. The van der Waals surface area contributed by atoms with Gasteiger partial charge < -0.3 is 9.47 Å². The summed E-state index contributed by atoms with van der Waals surface area (Å²) in [6.45, 7) is -0.225. The Bertz CT molecular complexity index is 1140. The summed E-state index contributed by atoms with van der Waals surface area (Å²) in [4.78, 5) is 24.2. The molecule has 0 aliphatic heterocycles. The molecule has 0 aliphatic carbocycles. The van der Waals surface area contributed by atoms with Crippen LogP contribution in [0.4, 0.5) is 0 Å². The van der Waals surface area contributed by atoms with Gasteiger partial charge in [0.25, 0.3) is 5.91 Å². The number of hydrazone groups is 1. The maximum Gasteiger partial charge on any atom is 0.345 e. The van der Waals surface area contributed by atoms with Gasteiger partial charge in [0.05, 0.1) is 16.8 Å². The van der Waals surface area contributed by atoms with Gasteiger partial charge in [-0.1, -0.05) is 53.0 Å². The van der Waals surface area contributed by atoms with E-state index in [2.05, 4.69) is 10.5 Å². The number of halogens is 3. The van der Waals surface area contributed by atoms with Gasteiger partial charge in [0, 0.05) is 10.0 Å². The quantitative estimate of drug-likeness (QED) is 0.214. The Balaban J connectivity index is 1.54. The van der Waals surface area contributed by atoms with Gasteiger partial charge >= 0.3 is 5.97 Å². The zero-order valence-electron chi connectivity index (χ0n) is 15.8. The molecule has 0 unspecified atom stereocenters. The molecule has 3 aromatic carbocycles. The number of hydrogen-bond acceptors (Lipinski definition) is 5. The van der Waals surface area contributed by atoms with Crippen molar-refractivity contribution in [2.24, 2.45) is 5.10 Å². The SMILES string of the molecule is O=C(COc1cccc(Cl)c1)N/N=C\c1cccc(OC(=O)c2ccc(Cl)cc2Cl)c1. The van der Waals surface area contributed by atoms with E-state index < -0.39 is 11.9 Å². The Hall–Kier alpha value is -3.06. The molecule has 0 radical (unpaired) electrons. The van der Waals surface area contributed by atoms with Gasteiger partial charge in [-0.05, 0) is 54.1 Å². The number of esters is 1. The third-order valence-electron chi connectivity index (χ3n) is 3.79. The van der Waals surface area contributed by atoms with E-state index in [1.165, 1.54) is 18.3 Å². The number of rotatable bonds is 7. The summed E-state index contributed by atoms with van der Waals surface area (Å²) in [5, 5.41) is 4.98. The van der Waals surface area contributed by atoms with Crippen molar-refractivity contribution in [1.29, 1.82) is 0 Å². The highest BCUT2D eigenvalue weighted by atomic mass is 35.5. The normalized spacial score (nSPS) is 10.7. The van der Waals surface area contributed by atoms with E-state index in [4.69, 9.17) is 44.3 Å². The van der Waals surface area contributed by atoms with E-state index in [-0.39, 0.29) is 22.9 Å². The van der Waals surface area contributed by atoms with Crippen molar-refractivity contribution in [2.75, 3.05) is 6.61 Å². The third kappa shape index (κ3) is 7.00. The van der Waals surface area contributed by atoms with Gasteiger partial charge in [-0.25, -0.2) is 10.2 Å². The van der Waals surface area contributed by atoms with Crippen molar-refractivity contribution in [1.82, 2.24) is 5.43 Å². The van der Waals surface area contributed by atoms with Crippen molar-refractivity contribution >= 4 is 52.9 Å². The first-order valence-electron chi connectivity index (χ1n) is 8.88. The van der Waals surface area contributed by atoms with Gasteiger partial charge in [-0.15, -0.1) is 0 Å². The lowest BCUT2D eigenvalue weighted by Gasteiger charge is -2.07. The van der Waals surface area contributed by atoms with Crippen molar-refractivity contribution in [2.45, 2.75) is 0 Å². The van der Waals surface area contributed by atoms with Crippen molar-refractivity contribution in [3.05, 3.63) is 92.9 Å². The number of carbonyl (C=O) groups excluding carboxylic acids is 2. The summed E-state index contributed by atoms with van der Waals surface area (Å²) in [5.41, 5.74) is 3.14. The standard InChI is InChI=1S/C22H15Cl3N2O4/c23-15-4-2-5-17(10-15)30-13-21(28)27-26-12-14-3-1-6-18(9-14)31-22(29)19-8-7-16(24)11-20(19)25/h1-12H,13H2,(H,27,28)/b26-12-. The number of carbonyl (C=O) groups is 2. The second-order valence-corrected chi connectivity index (χ2v) is 7.41. The van der Waals surface area contributed by atoms with E-state index in [1.807, 2.05) is 0 Å². The van der Waals surface area contributed by atoms with E-state index in [0.29, 0.717) is 21.4 Å². The zero-order chi connectivity index (χ0) is 22.2. The van der Waals surface area contributed by atoms with Crippen LogP contribution < -0.4 is 14.9 Å². The molecule has 9 heteroatoms. The van der Waals surface area contributed by atoms with Gasteiger partial charge in [-0.2, -0.15) is 5.10 Å². The molecule has 6 nitrogen and oxygen atoms in total. The van der Waals surface area contributed by atoms with E-state index >= 15 is 0 Å².